The minimum Gasteiger partial charge on any atom is -0.407 e. The number of piperazine rings is 1. The van der Waals surface area contributed by atoms with Crippen LogP contribution < -0.4 is 16.0 Å². The predicted octanol–water partition coefficient (Wildman–Crippen LogP) is 1.44. The molecule has 0 unspecified atom stereocenters. The second-order valence-electron chi connectivity index (χ2n) is 7.31. The molecule has 0 saturated carbocycles. The van der Waals surface area contributed by atoms with Gasteiger partial charge in [0.2, 0.25) is 0 Å². The molecule has 0 spiro atoms. The molecule has 0 bridgehead atoms. The number of H-pyrrole nitrogens is 1. The number of rotatable bonds is 4. The zero-order chi connectivity index (χ0) is 23.5. The molecule has 3 aromatic rings. The van der Waals surface area contributed by atoms with Gasteiger partial charge in [0.05, 0.1) is 16.5 Å². The van der Waals surface area contributed by atoms with Crippen LogP contribution in [0.15, 0.2) is 48.7 Å². The molecule has 1 saturated heterocycles. The minimum absolute atomic E-state index is 0.0352. The van der Waals surface area contributed by atoms with Gasteiger partial charge in [-0.1, -0.05) is 18.2 Å². The molecule has 2 heterocycles. The molecule has 1 fully saturated rings. The van der Waals surface area contributed by atoms with Crippen LogP contribution in [0.25, 0.3) is 10.9 Å². The third-order valence-corrected chi connectivity index (χ3v) is 5.38. The first-order chi connectivity index (χ1) is 15.9. The highest BCUT2D eigenvalue weighted by Gasteiger charge is 2.31. The Bertz CT molecular complexity index is 1230. The van der Waals surface area contributed by atoms with Crippen molar-refractivity contribution in [2.24, 2.45) is 5.84 Å². The summed E-state index contributed by atoms with van der Waals surface area (Å²) in [6, 6.07) is 11.0. The van der Waals surface area contributed by atoms with Crippen molar-refractivity contribution in [2.45, 2.75) is 0 Å². The quantitative estimate of drug-likeness (QED) is 0.180. The van der Waals surface area contributed by atoms with Gasteiger partial charge in [-0.05, 0) is 24.3 Å². The number of hydrazine groups is 1. The van der Waals surface area contributed by atoms with Crippen molar-refractivity contribution in [3.05, 3.63) is 65.6 Å². The number of Topliss-reactive ketones (excluding diaryl/α,β-unsaturated/α-hetero) is 1. The van der Waals surface area contributed by atoms with Gasteiger partial charge in [0.1, 0.15) is 5.82 Å². The molecule has 2 aromatic carbocycles. The molecule has 10 nitrogen and oxygen atoms in total. The zero-order valence-corrected chi connectivity index (χ0v) is 17.3. The summed E-state index contributed by atoms with van der Waals surface area (Å²) in [7, 11) is 0. The number of aromatic nitrogens is 1. The fraction of sp³-hybridized carbons (Fsp3) is 0.182. The molecule has 11 heteroatoms. The van der Waals surface area contributed by atoms with E-state index in [1.54, 1.807) is 34.6 Å². The standard InChI is InChI=1S/C22H20FN5O5/c23-15-6-7-16(33-22(32)26-24)18-17(15)14(12-25-18)19(29)21(31)28-10-8-27(9-11-28)20(30)13-4-2-1-3-5-13/h1-7,12,25H,8-11,24H2,(H,26,32). The Labute approximate surface area is 187 Å². The molecule has 0 radical (unpaired) electrons. The van der Waals surface area contributed by atoms with Crippen LogP contribution in [0.3, 0.4) is 0 Å². The number of carbonyl (C=O) groups excluding carboxylic acids is 4. The molecular formula is C22H20FN5O5. The van der Waals surface area contributed by atoms with Crippen LogP contribution in [0, 0.1) is 5.82 Å². The smallest absolute Gasteiger partial charge is 0.407 e. The van der Waals surface area contributed by atoms with Crippen LogP contribution >= 0.6 is 0 Å². The molecular weight excluding hydrogens is 433 g/mol. The van der Waals surface area contributed by atoms with Crippen molar-refractivity contribution in [1.29, 1.82) is 0 Å². The first kappa shape index (κ1) is 22.0. The fourth-order valence-corrected chi connectivity index (χ4v) is 3.71. The van der Waals surface area contributed by atoms with Gasteiger partial charge in [-0.25, -0.2) is 15.0 Å². The maximum absolute atomic E-state index is 14.5. The van der Waals surface area contributed by atoms with Crippen LogP contribution in [0.1, 0.15) is 20.7 Å². The van der Waals surface area contributed by atoms with Gasteiger partial charge in [-0.2, -0.15) is 0 Å². The Kier molecular flexibility index (Phi) is 6.05. The lowest BCUT2D eigenvalue weighted by atomic mass is 10.1. The largest absolute Gasteiger partial charge is 0.426 e. The number of amides is 3. The van der Waals surface area contributed by atoms with Crippen LogP contribution in [0.2, 0.25) is 0 Å². The molecule has 0 atom stereocenters. The van der Waals surface area contributed by atoms with Crippen molar-refractivity contribution in [2.75, 3.05) is 26.2 Å². The first-order valence-corrected chi connectivity index (χ1v) is 10.1. The van der Waals surface area contributed by atoms with E-state index in [2.05, 4.69) is 4.98 Å². The number of benzene rings is 2. The second kappa shape index (κ2) is 9.09. The summed E-state index contributed by atoms with van der Waals surface area (Å²) in [6.07, 6.45) is 0.209. The Morgan fingerprint density at radius 2 is 1.64 bits per heavy atom. The van der Waals surface area contributed by atoms with Crippen molar-refractivity contribution < 1.29 is 28.3 Å². The number of halogens is 1. The number of nitrogens with zero attached hydrogens (tertiary/aromatic N) is 2. The highest BCUT2D eigenvalue weighted by atomic mass is 19.1. The van der Waals surface area contributed by atoms with Crippen LogP contribution in [-0.2, 0) is 4.79 Å². The van der Waals surface area contributed by atoms with E-state index in [0.717, 1.165) is 6.07 Å². The lowest BCUT2D eigenvalue weighted by molar-refractivity contribution is -0.127. The summed E-state index contributed by atoms with van der Waals surface area (Å²) in [5.41, 5.74) is 2.18. The molecule has 4 rings (SSSR count). The highest BCUT2D eigenvalue weighted by Crippen LogP contribution is 2.30. The maximum Gasteiger partial charge on any atom is 0.426 e. The number of nitrogens with one attached hydrogen (secondary N) is 2. The second-order valence-corrected chi connectivity index (χ2v) is 7.31. The Balaban J connectivity index is 1.49. The topological polar surface area (TPSA) is 138 Å². The van der Waals surface area contributed by atoms with E-state index in [4.69, 9.17) is 10.6 Å². The summed E-state index contributed by atoms with van der Waals surface area (Å²) in [5, 5.41) is -0.173. The molecule has 1 aliphatic heterocycles. The number of hydrogen-bond donors (Lipinski definition) is 3. The van der Waals surface area contributed by atoms with Crippen LogP contribution in [0.5, 0.6) is 5.75 Å². The average molecular weight is 453 g/mol. The van der Waals surface area contributed by atoms with Gasteiger partial charge in [0.25, 0.3) is 17.6 Å². The summed E-state index contributed by atoms with van der Waals surface area (Å²) in [6.45, 7) is 0.862. The van der Waals surface area contributed by atoms with Crippen molar-refractivity contribution in [3.63, 3.8) is 0 Å². The number of nitrogens with two attached hydrogens (primary N) is 1. The SMILES string of the molecule is NNC(=O)Oc1ccc(F)c2c(C(=O)C(=O)N3CCN(C(=O)c4ccccc4)CC3)c[nH]c12. The van der Waals surface area contributed by atoms with Crippen molar-refractivity contribution in [1.82, 2.24) is 20.2 Å². The molecule has 33 heavy (non-hydrogen) atoms. The van der Waals surface area contributed by atoms with Gasteiger partial charge < -0.3 is 19.5 Å². The number of carbonyl (C=O) groups is 4. The first-order valence-electron chi connectivity index (χ1n) is 10.1. The summed E-state index contributed by atoms with van der Waals surface area (Å²) in [5.74, 6) is 2.29. The average Bonchev–Trinajstić information content (AvgIpc) is 3.31. The Morgan fingerprint density at radius 1 is 0.970 bits per heavy atom. The van der Waals surface area contributed by atoms with E-state index in [9.17, 15) is 23.6 Å². The third kappa shape index (κ3) is 4.26. The number of ether oxygens (including phenoxy) is 1. The van der Waals surface area contributed by atoms with E-state index < -0.39 is 23.6 Å². The lowest BCUT2D eigenvalue weighted by Crippen LogP contribution is -2.52. The van der Waals surface area contributed by atoms with Crippen molar-refractivity contribution >= 4 is 34.6 Å². The molecule has 170 valence electrons. The number of hydrogen-bond acceptors (Lipinski definition) is 6. The number of aromatic amines is 1. The minimum atomic E-state index is -0.982. The summed E-state index contributed by atoms with van der Waals surface area (Å²) in [4.78, 5) is 55.3. The lowest BCUT2D eigenvalue weighted by Gasteiger charge is -2.34. The third-order valence-electron chi connectivity index (χ3n) is 5.38. The molecule has 0 aliphatic carbocycles. The zero-order valence-electron chi connectivity index (χ0n) is 17.3. The maximum atomic E-state index is 14.5. The van der Waals surface area contributed by atoms with Gasteiger partial charge >= 0.3 is 6.09 Å². The fourth-order valence-electron chi connectivity index (χ4n) is 3.71. The van der Waals surface area contributed by atoms with Crippen LogP contribution in [-0.4, -0.2) is 64.7 Å². The van der Waals surface area contributed by atoms with E-state index in [-0.39, 0.29) is 54.3 Å². The molecule has 1 aliphatic rings. The van der Waals surface area contributed by atoms with E-state index in [1.165, 1.54) is 17.2 Å². The number of fused-ring (bicyclic) bond motifs is 1. The van der Waals surface area contributed by atoms with E-state index >= 15 is 0 Å². The molecule has 3 amide bonds. The van der Waals surface area contributed by atoms with Gasteiger partial charge in [-0.15, -0.1) is 0 Å². The Hall–Kier alpha value is -4.25. The van der Waals surface area contributed by atoms with E-state index in [0.29, 0.717) is 5.56 Å². The highest BCUT2D eigenvalue weighted by molar-refractivity contribution is 6.45. The normalized spacial score (nSPS) is 13.6. The van der Waals surface area contributed by atoms with Gasteiger partial charge in [0, 0.05) is 37.9 Å². The predicted molar refractivity (Wildman–Crippen MR) is 115 cm³/mol. The summed E-state index contributed by atoms with van der Waals surface area (Å²) < 4.78 is 19.5. The van der Waals surface area contributed by atoms with Gasteiger partial charge in [0.15, 0.2) is 5.75 Å². The summed E-state index contributed by atoms with van der Waals surface area (Å²) >= 11 is 0. The van der Waals surface area contributed by atoms with Crippen LogP contribution in [0.4, 0.5) is 9.18 Å². The van der Waals surface area contributed by atoms with Gasteiger partial charge in [-0.3, -0.25) is 19.8 Å². The monoisotopic (exact) mass is 453 g/mol. The molecule has 1 aromatic heterocycles. The Morgan fingerprint density at radius 3 is 2.30 bits per heavy atom. The van der Waals surface area contributed by atoms with Crippen molar-refractivity contribution in [3.8, 4) is 5.75 Å². The number of ketones is 1. The molecule has 4 N–H and O–H groups in total. The van der Waals surface area contributed by atoms with E-state index in [1.807, 2.05) is 6.07 Å².